The number of carbonyl (C=O) groups excluding carboxylic acids is 1. The van der Waals surface area contributed by atoms with Crippen molar-refractivity contribution in [1.29, 1.82) is 0 Å². The van der Waals surface area contributed by atoms with Crippen LogP contribution in [-0.2, 0) is 4.79 Å². The third-order valence-electron chi connectivity index (χ3n) is 2.98. The lowest BCUT2D eigenvalue weighted by Gasteiger charge is -2.26. The average Bonchev–Trinajstić information content (AvgIpc) is 2.31. The number of amides is 1. The fourth-order valence-corrected chi connectivity index (χ4v) is 1.97. The van der Waals surface area contributed by atoms with Crippen LogP contribution in [0.1, 0.15) is 18.5 Å². The summed E-state index contributed by atoms with van der Waals surface area (Å²) in [5.74, 6) is 0.286. The van der Waals surface area contributed by atoms with E-state index in [1.165, 1.54) is 0 Å². The Bertz CT molecular complexity index is 435. The molecule has 1 atom stereocenters. The number of carbonyl (C=O) groups is 1. The number of rotatable bonds is 4. The van der Waals surface area contributed by atoms with Crippen LogP contribution in [0.5, 0.6) is 5.75 Å². The van der Waals surface area contributed by atoms with E-state index in [2.05, 4.69) is 15.9 Å². The fourth-order valence-electron chi connectivity index (χ4n) is 1.59. The maximum Gasteiger partial charge on any atom is 0.236 e. The number of hydrogen-bond donors (Lipinski definition) is 1. The van der Waals surface area contributed by atoms with Gasteiger partial charge in [0, 0.05) is 30.2 Å². The maximum absolute atomic E-state index is 11.7. The normalized spacial score (nSPS) is 12.6. The summed E-state index contributed by atoms with van der Waals surface area (Å²) >= 11 is 3.38. The first kappa shape index (κ1) is 15.0. The molecule has 1 aromatic carbocycles. The van der Waals surface area contributed by atoms with Gasteiger partial charge in [0.2, 0.25) is 5.91 Å². The highest BCUT2D eigenvalue weighted by atomic mass is 79.9. The van der Waals surface area contributed by atoms with Gasteiger partial charge in [0.1, 0.15) is 5.75 Å². The van der Waals surface area contributed by atoms with E-state index in [0.717, 1.165) is 10.0 Å². The maximum atomic E-state index is 11.7. The molecule has 0 saturated heterocycles. The van der Waals surface area contributed by atoms with Crippen molar-refractivity contribution < 1.29 is 9.90 Å². The Kier molecular flexibility index (Phi) is 5.16. The van der Waals surface area contributed by atoms with Crippen LogP contribution in [0.4, 0.5) is 0 Å². The quantitative estimate of drug-likeness (QED) is 0.927. The number of likely N-dealkylation sites (N-methyl/N-ethyl adjacent to an activating group) is 2. The van der Waals surface area contributed by atoms with Crippen molar-refractivity contribution in [2.75, 3.05) is 27.7 Å². The van der Waals surface area contributed by atoms with E-state index in [4.69, 9.17) is 0 Å². The Hall–Kier alpha value is -1.07. The molecule has 4 nitrogen and oxygen atoms in total. The molecule has 0 aliphatic rings. The average molecular weight is 315 g/mol. The number of hydrogen-bond acceptors (Lipinski definition) is 3. The third kappa shape index (κ3) is 3.71. The number of halogens is 1. The lowest BCUT2D eigenvalue weighted by atomic mass is 10.1. The summed E-state index contributed by atoms with van der Waals surface area (Å²) in [5.41, 5.74) is 0.804. The highest BCUT2D eigenvalue weighted by Crippen LogP contribution is 2.30. The number of phenolic OH excluding ortho intramolecular Hbond substituents is 1. The minimum absolute atomic E-state index is 0.0357. The van der Waals surface area contributed by atoms with E-state index in [1.54, 1.807) is 31.1 Å². The number of aromatic hydroxyl groups is 1. The van der Waals surface area contributed by atoms with Crippen molar-refractivity contribution in [3.8, 4) is 5.75 Å². The molecule has 0 aliphatic heterocycles. The molecule has 1 amide bonds. The van der Waals surface area contributed by atoms with Gasteiger partial charge in [-0.25, -0.2) is 0 Å². The summed E-state index contributed by atoms with van der Waals surface area (Å²) in [5, 5.41) is 9.85. The molecular weight excluding hydrogens is 296 g/mol. The predicted octanol–water partition coefficient (Wildman–Crippen LogP) is 2.24. The molecule has 0 fully saturated rings. The second-order valence-electron chi connectivity index (χ2n) is 4.58. The Labute approximate surface area is 116 Å². The second-order valence-corrected chi connectivity index (χ2v) is 5.50. The molecule has 0 bridgehead atoms. The lowest BCUT2D eigenvalue weighted by Crippen LogP contribution is -2.35. The Balaban J connectivity index is 2.83. The standard InChI is InChI=1S/C13H19BrN2O2/c1-9(16(4)8-13(18)15(2)3)11-7-10(14)5-6-12(11)17/h5-7,9,17H,8H2,1-4H3. The number of nitrogens with zero attached hydrogens (tertiary/aromatic N) is 2. The topological polar surface area (TPSA) is 43.8 Å². The van der Waals surface area contributed by atoms with Gasteiger partial charge >= 0.3 is 0 Å². The van der Waals surface area contributed by atoms with Gasteiger partial charge in [-0.2, -0.15) is 0 Å². The molecule has 0 heterocycles. The van der Waals surface area contributed by atoms with Gasteiger partial charge in [-0.1, -0.05) is 15.9 Å². The van der Waals surface area contributed by atoms with Crippen molar-refractivity contribution in [1.82, 2.24) is 9.80 Å². The van der Waals surface area contributed by atoms with Gasteiger partial charge in [-0.3, -0.25) is 9.69 Å². The smallest absolute Gasteiger partial charge is 0.236 e. The Morgan fingerprint density at radius 1 is 1.39 bits per heavy atom. The first-order chi connectivity index (χ1) is 8.32. The van der Waals surface area contributed by atoms with Crippen LogP contribution in [0, 0.1) is 0 Å². The fraction of sp³-hybridized carbons (Fsp3) is 0.462. The van der Waals surface area contributed by atoms with Crippen LogP contribution in [0.15, 0.2) is 22.7 Å². The summed E-state index contributed by atoms with van der Waals surface area (Å²) in [4.78, 5) is 15.1. The van der Waals surface area contributed by atoms with Gasteiger partial charge in [0.25, 0.3) is 0 Å². The number of benzene rings is 1. The van der Waals surface area contributed by atoms with Crippen LogP contribution in [0.3, 0.4) is 0 Å². The van der Waals surface area contributed by atoms with Gasteiger partial charge < -0.3 is 10.0 Å². The van der Waals surface area contributed by atoms with Gasteiger partial charge in [-0.05, 0) is 32.2 Å². The predicted molar refractivity (Wildman–Crippen MR) is 75.5 cm³/mol. The molecule has 100 valence electrons. The lowest BCUT2D eigenvalue weighted by molar-refractivity contribution is -0.130. The Morgan fingerprint density at radius 3 is 2.56 bits per heavy atom. The number of phenols is 1. The van der Waals surface area contributed by atoms with Crippen LogP contribution < -0.4 is 0 Å². The summed E-state index contributed by atoms with van der Waals surface area (Å²) in [6, 6.07) is 5.27. The minimum atomic E-state index is -0.0357. The molecule has 0 saturated carbocycles. The molecule has 1 rings (SSSR count). The first-order valence-electron chi connectivity index (χ1n) is 5.71. The molecule has 0 spiro atoms. The second kappa shape index (κ2) is 6.20. The van der Waals surface area contributed by atoms with Crippen molar-refractivity contribution >= 4 is 21.8 Å². The van der Waals surface area contributed by atoms with E-state index in [1.807, 2.05) is 24.9 Å². The molecular formula is C13H19BrN2O2. The van der Waals surface area contributed by atoms with Crippen molar-refractivity contribution in [2.24, 2.45) is 0 Å². The van der Waals surface area contributed by atoms with E-state index < -0.39 is 0 Å². The van der Waals surface area contributed by atoms with Crippen LogP contribution >= 0.6 is 15.9 Å². The highest BCUT2D eigenvalue weighted by molar-refractivity contribution is 9.10. The first-order valence-corrected chi connectivity index (χ1v) is 6.51. The van der Waals surface area contributed by atoms with Gasteiger partial charge in [-0.15, -0.1) is 0 Å². The molecule has 0 aliphatic carbocycles. The van der Waals surface area contributed by atoms with E-state index in [0.29, 0.717) is 6.54 Å². The van der Waals surface area contributed by atoms with Gasteiger partial charge in [0.15, 0.2) is 0 Å². The van der Waals surface area contributed by atoms with Crippen molar-refractivity contribution in [2.45, 2.75) is 13.0 Å². The summed E-state index contributed by atoms with van der Waals surface area (Å²) in [6.07, 6.45) is 0. The summed E-state index contributed by atoms with van der Waals surface area (Å²) in [7, 11) is 5.33. The molecule has 0 radical (unpaired) electrons. The van der Waals surface area contributed by atoms with Crippen LogP contribution in [0.25, 0.3) is 0 Å². The van der Waals surface area contributed by atoms with E-state index in [-0.39, 0.29) is 17.7 Å². The zero-order valence-corrected chi connectivity index (χ0v) is 12.7. The van der Waals surface area contributed by atoms with E-state index in [9.17, 15) is 9.90 Å². The molecule has 5 heteroatoms. The zero-order valence-electron chi connectivity index (χ0n) is 11.1. The van der Waals surface area contributed by atoms with E-state index >= 15 is 0 Å². The van der Waals surface area contributed by atoms with Crippen molar-refractivity contribution in [3.63, 3.8) is 0 Å². The molecule has 1 N–H and O–H groups in total. The third-order valence-corrected chi connectivity index (χ3v) is 3.48. The largest absolute Gasteiger partial charge is 0.508 e. The molecule has 1 unspecified atom stereocenters. The monoisotopic (exact) mass is 314 g/mol. The SMILES string of the molecule is CC(c1cc(Br)ccc1O)N(C)CC(=O)N(C)C. The molecule has 0 aromatic heterocycles. The highest BCUT2D eigenvalue weighted by Gasteiger charge is 2.18. The van der Waals surface area contributed by atoms with Crippen LogP contribution in [0.2, 0.25) is 0 Å². The van der Waals surface area contributed by atoms with Crippen molar-refractivity contribution in [3.05, 3.63) is 28.2 Å². The molecule has 1 aromatic rings. The summed E-state index contributed by atoms with van der Waals surface area (Å²) in [6.45, 7) is 2.28. The zero-order chi connectivity index (χ0) is 13.9. The Morgan fingerprint density at radius 2 is 2.00 bits per heavy atom. The minimum Gasteiger partial charge on any atom is -0.508 e. The summed E-state index contributed by atoms with van der Waals surface area (Å²) < 4.78 is 0.912. The molecule has 18 heavy (non-hydrogen) atoms. The van der Waals surface area contributed by atoms with Gasteiger partial charge in [0.05, 0.1) is 6.54 Å². The van der Waals surface area contributed by atoms with Crippen LogP contribution in [-0.4, -0.2) is 48.5 Å².